The summed E-state index contributed by atoms with van der Waals surface area (Å²) < 4.78 is 38.8. The van der Waals surface area contributed by atoms with Gasteiger partial charge in [-0.1, -0.05) is 23.2 Å². The lowest BCUT2D eigenvalue weighted by Crippen LogP contribution is -2.11. The molecule has 0 aliphatic carbocycles. The van der Waals surface area contributed by atoms with Gasteiger partial charge in [-0.2, -0.15) is 0 Å². The average Bonchev–Trinajstić information content (AvgIpc) is 3.14. The van der Waals surface area contributed by atoms with E-state index in [1.165, 1.54) is 36.7 Å². The van der Waals surface area contributed by atoms with Gasteiger partial charge in [-0.05, 0) is 31.2 Å². The van der Waals surface area contributed by atoms with Gasteiger partial charge in [0.1, 0.15) is 11.6 Å². The second kappa shape index (κ2) is 7.48. The summed E-state index contributed by atoms with van der Waals surface area (Å²) in [5, 5.41) is 5.02. The van der Waals surface area contributed by atoms with Crippen molar-refractivity contribution < 1.29 is 12.8 Å². The van der Waals surface area contributed by atoms with Gasteiger partial charge in [-0.3, -0.25) is 0 Å². The van der Waals surface area contributed by atoms with Crippen LogP contribution in [-0.4, -0.2) is 18.4 Å². The van der Waals surface area contributed by atoms with Crippen molar-refractivity contribution in [1.82, 2.24) is 9.97 Å². The van der Waals surface area contributed by atoms with Gasteiger partial charge in [0.05, 0.1) is 16.0 Å². The van der Waals surface area contributed by atoms with Gasteiger partial charge in [0.25, 0.3) is 0 Å². The molecule has 10 heteroatoms. The van der Waals surface area contributed by atoms with E-state index in [9.17, 15) is 12.8 Å². The minimum atomic E-state index is -3.77. The van der Waals surface area contributed by atoms with Crippen molar-refractivity contribution in [2.45, 2.75) is 22.2 Å². The van der Waals surface area contributed by atoms with Crippen molar-refractivity contribution in [2.24, 2.45) is 0 Å². The fourth-order valence-corrected chi connectivity index (χ4v) is 4.90. The summed E-state index contributed by atoms with van der Waals surface area (Å²) in [7, 11) is -3.77. The standard InChI is InChI=1S/C16H12Cl2FN3O2S2/c1-9(12-6-10(17)2-3-14(12)19)22-15-13(18)7-11(8-21-15)26(23,24)16-20-4-5-25-16/h2-9H,1H3,(H,21,22)/t9-/m0/s1. The van der Waals surface area contributed by atoms with Crippen molar-refractivity contribution in [3.05, 3.63) is 63.5 Å². The van der Waals surface area contributed by atoms with Gasteiger partial charge < -0.3 is 5.32 Å². The number of nitrogens with zero attached hydrogens (tertiary/aromatic N) is 2. The second-order valence-corrected chi connectivity index (χ2v) is 9.20. The van der Waals surface area contributed by atoms with Crippen molar-refractivity contribution >= 4 is 50.2 Å². The van der Waals surface area contributed by atoms with Crippen LogP contribution in [0.5, 0.6) is 0 Å². The summed E-state index contributed by atoms with van der Waals surface area (Å²) in [6, 6.07) is 5.03. The SMILES string of the molecule is C[C@H](Nc1ncc(S(=O)(=O)c2nccs2)cc1Cl)c1cc(Cl)ccc1F. The van der Waals surface area contributed by atoms with Crippen LogP contribution >= 0.6 is 34.5 Å². The summed E-state index contributed by atoms with van der Waals surface area (Å²) in [6.45, 7) is 1.72. The van der Waals surface area contributed by atoms with Crippen LogP contribution in [0.25, 0.3) is 0 Å². The van der Waals surface area contributed by atoms with Crippen LogP contribution in [0.2, 0.25) is 10.0 Å². The van der Waals surface area contributed by atoms with Gasteiger partial charge in [-0.25, -0.2) is 22.8 Å². The van der Waals surface area contributed by atoms with E-state index in [1.54, 1.807) is 12.3 Å². The average molecular weight is 432 g/mol. The van der Waals surface area contributed by atoms with Crippen LogP contribution in [-0.2, 0) is 9.84 Å². The fraction of sp³-hybridized carbons (Fsp3) is 0.125. The number of benzene rings is 1. The minimum Gasteiger partial charge on any atom is -0.362 e. The highest BCUT2D eigenvalue weighted by molar-refractivity contribution is 7.93. The molecular weight excluding hydrogens is 420 g/mol. The first kappa shape index (κ1) is 19.0. The van der Waals surface area contributed by atoms with Crippen molar-refractivity contribution in [1.29, 1.82) is 0 Å². The predicted octanol–water partition coefficient (Wildman–Crippen LogP) is 4.99. The first-order chi connectivity index (χ1) is 12.3. The third-order valence-corrected chi connectivity index (χ3v) is 6.99. The van der Waals surface area contributed by atoms with E-state index < -0.39 is 21.7 Å². The first-order valence-corrected chi connectivity index (χ1v) is 10.4. The lowest BCUT2D eigenvalue weighted by molar-refractivity contribution is 0.595. The number of thiazole rings is 1. The third kappa shape index (κ3) is 3.83. The smallest absolute Gasteiger partial charge is 0.235 e. The van der Waals surface area contributed by atoms with E-state index in [-0.39, 0.29) is 20.1 Å². The highest BCUT2D eigenvalue weighted by Gasteiger charge is 2.22. The first-order valence-electron chi connectivity index (χ1n) is 7.30. The van der Waals surface area contributed by atoms with Crippen LogP contribution in [0.1, 0.15) is 18.5 Å². The van der Waals surface area contributed by atoms with Crippen molar-refractivity contribution in [2.75, 3.05) is 5.32 Å². The Balaban J connectivity index is 1.88. The molecule has 5 nitrogen and oxygen atoms in total. The topological polar surface area (TPSA) is 72.0 Å². The summed E-state index contributed by atoms with van der Waals surface area (Å²) >= 11 is 13.1. The van der Waals surface area contributed by atoms with Crippen molar-refractivity contribution in [3.8, 4) is 0 Å². The maximum Gasteiger partial charge on any atom is 0.235 e. The van der Waals surface area contributed by atoms with E-state index in [0.29, 0.717) is 10.6 Å². The van der Waals surface area contributed by atoms with Crippen LogP contribution < -0.4 is 5.32 Å². The zero-order valence-corrected chi connectivity index (χ0v) is 16.4. The molecule has 3 aromatic rings. The molecule has 0 unspecified atom stereocenters. The maximum atomic E-state index is 14.0. The highest BCUT2D eigenvalue weighted by atomic mass is 35.5. The molecule has 0 saturated carbocycles. The number of sulfone groups is 1. The maximum absolute atomic E-state index is 14.0. The summed E-state index contributed by atoms with van der Waals surface area (Å²) in [6.07, 6.45) is 2.59. The predicted molar refractivity (Wildman–Crippen MR) is 100 cm³/mol. The van der Waals surface area contributed by atoms with Crippen molar-refractivity contribution in [3.63, 3.8) is 0 Å². The number of aromatic nitrogens is 2. The van der Waals surface area contributed by atoms with Gasteiger partial charge in [0.15, 0.2) is 0 Å². The Morgan fingerprint density at radius 1 is 1.23 bits per heavy atom. The molecule has 2 heterocycles. The van der Waals surface area contributed by atoms with Crippen LogP contribution in [0, 0.1) is 5.82 Å². The highest BCUT2D eigenvalue weighted by Crippen LogP contribution is 2.30. The number of hydrogen-bond donors (Lipinski definition) is 1. The third-order valence-electron chi connectivity index (χ3n) is 3.54. The zero-order valence-electron chi connectivity index (χ0n) is 13.3. The second-order valence-electron chi connectivity index (χ2n) is 5.33. The van der Waals surface area contributed by atoms with Crippen LogP contribution in [0.4, 0.5) is 10.2 Å². The number of nitrogens with one attached hydrogen (secondary N) is 1. The molecule has 0 fully saturated rings. The molecule has 0 radical (unpaired) electrons. The molecule has 0 aliphatic heterocycles. The van der Waals surface area contributed by atoms with Gasteiger partial charge in [0, 0.05) is 28.4 Å². The molecule has 0 amide bonds. The van der Waals surface area contributed by atoms with Crippen LogP contribution in [0.3, 0.4) is 0 Å². The van der Waals surface area contributed by atoms with E-state index in [2.05, 4.69) is 15.3 Å². The Bertz CT molecular complexity index is 1040. The molecule has 2 aromatic heterocycles. The molecule has 1 N–H and O–H groups in total. The molecule has 0 saturated heterocycles. The molecule has 3 rings (SSSR count). The zero-order chi connectivity index (χ0) is 18.9. The van der Waals surface area contributed by atoms with E-state index in [4.69, 9.17) is 23.2 Å². The Morgan fingerprint density at radius 2 is 2.00 bits per heavy atom. The molecule has 0 aliphatic rings. The molecule has 0 bridgehead atoms. The molecule has 26 heavy (non-hydrogen) atoms. The monoisotopic (exact) mass is 431 g/mol. The number of rotatable bonds is 5. The Labute approximate surface area is 163 Å². The molecule has 0 spiro atoms. The van der Waals surface area contributed by atoms with Gasteiger partial charge in [0.2, 0.25) is 14.2 Å². The molecule has 1 aromatic carbocycles. The quantitative estimate of drug-likeness (QED) is 0.615. The lowest BCUT2D eigenvalue weighted by atomic mass is 10.1. The van der Waals surface area contributed by atoms with E-state index in [0.717, 1.165) is 11.3 Å². The van der Waals surface area contributed by atoms with E-state index in [1.807, 2.05) is 0 Å². The molecular formula is C16H12Cl2FN3O2S2. The summed E-state index contributed by atoms with van der Waals surface area (Å²) in [5.41, 5.74) is 0.342. The fourth-order valence-electron chi connectivity index (χ4n) is 2.25. The number of hydrogen-bond acceptors (Lipinski definition) is 6. The van der Waals surface area contributed by atoms with Gasteiger partial charge >= 0.3 is 0 Å². The normalized spacial score (nSPS) is 12.8. The Kier molecular flexibility index (Phi) is 5.47. The number of pyridine rings is 1. The van der Waals surface area contributed by atoms with E-state index >= 15 is 0 Å². The molecule has 136 valence electrons. The van der Waals surface area contributed by atoms with Crippen LogP contribution in [0.15, 0.2) is 51.3 Å². The van der Waals surface area contributed by atoms with Gasteiger partial charge in [-0.15, -0.1) is 11.3 Å². The Morgan fingerprint density at radius 3 is 2.65 bits per heavy atom. The minimum absolute atomic E-state index is 0.0366. The Hall–Kier alpha value is -1.74. The number of anilines is 1. The summed E-state index contributed by atoms with van der Waals surface area (Å²) in [4.78, 5) is 7.82. The number of halogens is 3. The lowest BCUT2D eigenvalue weighted by Gasteiger charge is -2.17. The summed E-state index contributed by atoms with van der Waals surface area (Å²) in [5.74, 6) is -0.190. The molecule has 1 atom stereocenters. The largest absolute Gasteiger partial charge is 0.362 e.